The number of hydrogen-bond donors (Lipinski definition) is 1. The highest BCUT2D eigenvalue weighted by molar-refractivity contribution is 7.99. The van der Waals surface area contributed by atoms with E-state index in [2.05, 4.69) is 15.5 Å². The van der Waals surface area contributed by atoms with E-state index >= 15 is 0 Å². The Bertz CT molecular complexity index is 811. The largest absolute Gasteiger partial charge is 0.462 e. The molecule has 0 aromatic carbocycles. The summed E-state index contributed by atoms with van der Waals surface area (Å²) in [4.78, 5) is 25.5. The molecule has 2 heterocycles. The zero-order valence-electron chi connectivity index (χ0n) is 15.9. The third kappa shape index (κ3) is 4.45. The first-order chi connectivity index (χ1) is 12.3. The maximum Gasteiger partial charge on any atom is 0.341 e. The van der Waals surface area contributed by atoms with E-state index in [4.69, 9.17) is 4.74 Å². The van der Waals surface area contributed by atoms with Gasteiger partial charge in [-0.3, -0.25) is 4.79 Å². The van der Waals surface area contributed by atoms with E-state index in [1.54, 1.807) is 6.92 Å². The third-order valence-electron chi connectivity index (χ3n) is 3.84. The van der Waals surface area contributed by atoms with Crippen LogP contribution in [0.2, 0.25) is 0 Å². The second-order valence-corrected chi connectivity index (χ2v) is 8.27. The van der Waals surface area contributed by atoms with Crippen LogP contribution in [0.15, 0.2) is 5.16 Å². The van der Waals surface area contributed by atoms with Crippen molar-refractivity contribution < 1.29 is 14.3 Å². The van der Waals surface area contributed by atoms with Crippen LogP contribution in [-0.4, -0.2) is 39.0 Å². The maximum atomic E-state index is 12.4. The summed E-state index contributed by atoms with van der Waals surface area (Å²) in [5.74, 6) is 0.715. The van der Waals surface area contributed by atoms with Gasteiger partial charge in [0, 0.05) is 17.8 Å². The van der Waals surface area contributed by atoms with E-state index in [-0.39, 0.29) is 17.6 Å². The monoisotopic (exact) mass is 396 g/mol. The van der Waals surface area contributed by atoms with Gasteiger partial charge in [0.05, 0.1) is 17.9 Å². The van der Waals surface area contributed by atoms with Crippen LogP contribution in [0.4, 0.5) is 5.00 Å². The lowest BCUT2D eigenvalue weighted by atomic mass is 10.1. The Hall–Kier alpha value is -1.87. The van der Waals surface area contributed by atoms with Crippen LogP contribution in [0, 0.1) is 13.8 Å². The molecule has 0 fully saturated rings. The van der Waals surface area contributed by atoms with Crippen molar-refractivity contribution in [2.45, 2.75) is 45.7 Å². The van der Waals surface area contributed by atoms with Gasteiger partial charge in [-0.2, -0.15) is 0 Å². The molecule has 0 unspecified atom stereocenters. The molecule has 0 aliphatic carbocycles. The topological polar surface area (TPSA) is 86.1 Å². The molecular weight excluding hydrogens is 372 g/mol. The predicted molar refractivity (Wildman–Crippen MR) is 104 cm³/mol. The molecule has 0 atom stereocenters. The molecule has 0 bridgehead atoms. The highest BCUT2D eigenvalue weighted by Crippen LogP contribution is 2.33. The molecule has 26 heavy (non-hydrogen) atoms. The van der Waals surface area contributed by atoms with Crippen LogP contribution in [0.25, 0.3) is 0 Å². The number of anilines is 1. The van der Waals surface area contributed by atoms with Crippen molar-refractivity contribution in [1.29, 1.82) is 0 Å². The molecule has 2 aromatic heterocycles. The van der Waals surface area contributed by atoms with Crippen LogP contribution in [0.5, 0.6) is 0 Å². The van der Waals surface area contributed by atoms with Gasteiger partial charge in [0.1, 0.15) is 10.8 Å². The molecule has 0 spiro atoms. The highest BCUT2D eigenvalue weighted by atomic mass is 32.2. The number of nitrogens with zero attached hydrogens (tertiary/aromatic N) is 3. The van der Waals surface area contributed by atoms with Crippen molar-refractivity contribution in [2.75, 3.05) is 17.7 Å². The Balaban J connectivity index is 2.07. The van der Waals surface area contributed by atoms with Crippen molar-refractivity contribution in [3.63, 3.8) is 0 Å². The second kappa shape index (κ2) is 8.68. The fraction of sp³-hybridized carbons (Fsp3) is 0.529. The minimum Gasteiger partial charge on any atom is -0.462 e. The lowest BCUT2D eigenvalue weighted by Crippen LogP contribution is -2.16. The van der Waals surface area contributed by atoms with Gasteiger partial charge in [0.15, 0.2) is 5.16 Å². The lowest BCUT2D eigenvalue weighted by molar-refractivity contribution is -0.113. The minimum absolute atomic E-state index is 0.183. The zero-order valence-corrected chi connectivity index (χ0v) is 17.5. The summed E-state index contributed by atoms with van der Waals surface area (Å²) in [5, 5.41) is 12.3. The first-order valence-electron chi connectivity index (χ1n) is 8.35. The van der Waals surface area contributed by atoms with Crippen LogP contribution in [0.3, 0.4) is 0 Å². The van der Waals surface area contributed by atoms with Gasteiger partial charge in [-0.15, -0.1) is 21.5 Å². The van der Waals surface area contributed by atoms with E-state index in [0.29, 0.717) is 22.3 Å². The van der Waals surface area contributed by atoms with Gasteiger partial charge in [-0.05, 0) is 26.3 Å². The van der Waals surface area contributed by atoms with Crippen molar-refractivity contribution in [2.24, 2.45) is 7.05 Å². The Morgan fingerprint density at radius 1 is 1.31 bits per heavy atom. The highest BCUT2D eigenvalue weighted by Gasteiger charge is 2.22. The SMILES string of the molecule is CCOC(=O)c1c(NC(=O)CSc2nnc(C(C)C)n2C)sc(C)c1C. The Morgan fingerprint density at radius 3 is 2.58 bits per heavy atom. The number of rotatable bonds is 7. The Labute approximate surface area is 161 Å². The summed E-state index contributed by atoms with van der Waals surface area (Å²) < 4.78 is 7.00. The van der Waals surface area contributed by atoms with Crippen molar-refractivity contribution in [3.8, 4) is 0 Å². The zero-order chi connectivity index (χ0) is 19.4. The molecule has 2 aromatic rings. The molecule has 1 amide bonds. The number of nitrogens with one attached hydrogen (secondary N) is 1. The fourth-order valence-corrected chi connectivity index (χ4v) is 4.19. The first kappa shape index (κ1) is 20.4. The standard InChI is InChI=1S/C17H24N4O3S2/c1-7-24-16(23)13-10(4)11(5)26-15(13)18-12(22)8-25-17-20-19-14(9(2)3)21(17)6/h9H,7-8H2,1-6H3,(H,18,22). The fourth-order valence-electron chi connectivity index (χ4n) is 2.41. The van der Waals surface area contributed by atoms with E-state index < -0.39 is 5.97 Å². The maximum absolute atomic E-state index is 12.4. The van der Waals surface area contributed by atoms with Crippen LogP contribution < -0.4 is 5.32 Å². The van der Waals surface area contributed by atoms with Crippen LogP contribution >= 0.6 is 23.1 Å². The van der Waals surface area contributed by atoms with E-state index in [0.717, 1.165) is 16.3 Å². The first-order valence-corrected chi connectivity index (χ1v) is 10.1. The molecule has 0 radical (unpaired) electrons. The Kier molecular flexibility index (Phi) is 6.82. The van der Waals surface area contributed by atoms with Crippen molar-refractivity contribution in [1.82, 2.24) is 14.8 Å². The number of amides is 1. The van der Waals surface area contributed by atoms with Gasteiger partial charge in [-0.25, -0.2) is 4.79 Å². The predicted octanol–water partition coefficient (Wildman–Crippen LogP) is 3.52. The summed E-state index contributed by atoms with van der Waals surface area (Å²) in [7, 11) is 1.89. The number of aromatic nitrogens is 3. The molecular formula is C17H24N4O3S2. The van der Waals surface area contributed by atoms with E-state index in [1.165, 1.54) is 23.1 Å². The third-order valence-corrected chi connectivity index (χ3v) is 5.98. The summed E-state index contributed by atoms with van der Waals surface area (Å²) in [6, 6.07) is 0. The number of thioether (sulfide) groups is 1. The molecule has 7 nitrogen and oxygen atoms in total. The van der Waals surface area contributed by atoms with Gasteiger partial charge < -0.3 is 14.6 Å². The molecule has 1 N–H and O–H groups in total. The summed E-state index contributed by atoms with van der Waals surface area (Å²) in [5.41, 5.74) is 1.28. The summed E-state index contributed by atoms with van der Waals surface area (Å²) in [6.45, 7) is 9.91. The molecule has 9 heteroatoms. The normalized spacial score (nSPS) is 11.0. The molecule has 0 aliphatic heterocycles. The summed E-state index contributed by atoms with van der Waals surface area (Å²) in [6.07, 6.45) is 0. The molecule has 0 aliphatic rings. The molecule has 2 rings (SSSR count). The number of hydrogen-bond acceptors (Lipinski definition) is 7. The van der Waals surface area contributed by atoms with Crippen molar-refractivity contribution in [3.05, 3.63) is 21.8 Å². The average Bonchev–Trinajstić information content (AvgIpc) is 3.06. The number of aryl methyl sites for hydroxylation is 1. The Morgan fingerprint density at radius 2 is 2.00 bits per heavy atom. The smallest absolute Gasteiger partial charge is 0.341 e. The lowest BCUT2D eigenvalue weighted by Gasteiger charge is -2.08. The molecule has 142 valence electrons. The van der Waals surface area contributed by atoms with Crippen LogP contribution in [0.1, 0.15) is 53.3 Å². The number of esters is 1. The quantitative estimate of drug-likeness (QED) is 0.569. The van der Waals surface area contributed by atoms with Crippen molar-refractivity contribution >= 4 is 40.0 Å². The number of carbonyl (C=O) groups excluding carboxylic acids is 2. The second-order valence-electron chi connectivity index (χ2n) is 6.10. The number of ether oxygens (including phenoxy) is 1. The van der Waals surface area contributed by atoms with Gasteiger partial charge in [0.2, 0.25) is 5.91 Å². The van der Waals surface area contributed by atoms with E-state index in [1.807, 2.05) is 39.3 Å². The molecule has 0 saturated heterocycles. The van der Waals surface area contributed by atoms with Gasteiger partial charge in [-0.1, -0.05) is 25.6 Å². The average molecular weight is 397 g/mol. The van der Waals surface area contributed by atoms with Crippen LogP contribution in [-0.2, 0) is 16.6 Å². The van der Waals surface area contributed by atoms with E-state index in [9.17, 15) is 9.59 Å². The van der Waals surface area contributed by atoms with Gasteiger partial charge in [0.25, 0.3) is 0 Å². The number of thiophene rings is 1. The molecule has 0 saturated carbocycles. The van der Waals surface area contributed by atoms with Gasteiger partial charge >= 0.3 is 5.97 Å². The minimum atomic E-state index is -0.410. The summed E-state index contributed by atoms with van der Waals surface area (Å²) >= 11 is 2.70. The number of carbonyl (C=O) groups is 2.